The molecule has 0 saturated heterocycles. The molecule has 96 valence electrons. The van der Waals surface area contributed by atoms with E-state index in [9.17, 15) is 8.42 Å². The van der Waals surface area contributed by atoms with Gasteiger partial charge < -0.3 is 11.1 Å². The lowest BCUT2D eigenvalue weighted by Gasteiger charge is -2.30. The van der Waals surface area contributed by atoms with Gasteiger partial charge in [-0.1, -0.05) is 0 Å². The van der Waals surface area contributed by atoms with Crippen LogP contribution in [0.2, 0.25) is 0 Å². The van der Waals surface area contributed by atoms with Crippen LogP contribution in [0.3, 0.4) is 0 Å². The first-order valence-corrected chi connectivity index (χ1v) is 6.70. The lowest BCUT2D eigenvalue weighted by molar-refractivity contribution is 0.469. The van der Waals surface area contributed by atoms with E-state index >= 15 is 0 Å². The zero-order valence-electron chi connectivity index (χ0n) is 10.1. The summed E-state index contributed by atoms with van der Waals surface area (Å²) in [6.07, 6.45) is 1.22. The minimum atomic E-state index is -3.69. The van der Waals surface area contributed by atoms with Gasteiger partial charge in [0.2, 0.25) is 10.0 Å². The van der Waals surface area contributed by atoms with Crippen molar-refractivity contribution >= 4 is 15.8 Å². The Hall–Kier alpha value is -1.18. The highest BCUT2D eigenvalue weighted by Gasteiger charge is 2.22. The van der Waals surface area contributed by atoms with Gasteiger partial charge in [-0.3, -0.25) is 0 Å². The quantitative estimate of drug-likeness (QED) is 0.717. The minimum absolute atomic E-state index is 0.0124. The Morgan fingerprint density at radius 2 is 2.00 bits per heavy atom. The monoisotopic (exact) mass is 258 g/mol. The van der Waals surface area contributed by atoms with E-state index in [-0.39, 0.29) is 16.5 Å². The molecule has 5 N–H and O–H groups in total. The van der Waals surface area contributed by atoms with Crippen molar-refractivity contribution in [2.24, 2.45) is 10.9 Å². The number of anilines is 1. The molecule has 0 amide bonds. The first-order chi connectivity index (χ1) is 7.63. The van der Waals surface area contributed by atoms with Gasteiger partial charge in [0.15, 0.2) is 0 Å². The fraction of sp³-hybridized carbons (Fsp3) is 0.500. The third-order valence-electron chi connectivity index (χ3n) is 2.65. The molecule has 0 spiro atoms. The third-order valence-corrected chi connectivity index (χ3v) is 3.55. The van der Waals surface area contributed by atoms with Gasteiger partial charge >= 0.3 is 0 Å². The van der Waals surface area contributed by atoms with Crippen molar-refractivity contribution in [3.05, 3.63) is 18.3 Å². The van der Waals surface area contributed by atoms with Crippen molar-refractivity contribution in [2.45, 2.75) is 37.2 Å². The first-order valence-electron chi connectivity index (χ1n) is 5.15. The number of nitrogens with two attached hydrogens (primary N) is 2. The van der Waals surface area contributed by atoms with Gasteiger partial charge in [-0.05, 0) is 32.9 Å². The Balaban J connectivity index is 2.90. The highest BCUT2D eigenvalue weighted by atomic mass is 32.2. The Kier molecular flexibility index (Phi) is 3.75. The van der Waals surface area contributed by atoms with E-state index in [1.165, 1.54) is 12.3 Å². The fourth-order valence-electron chi connectivity index (χ4n) is 1.07. The summed E-state index contributed by atoms with van der Waals surface area (Å²) < 4.78 is 22.1. The number of nitrogens with zero attached hydrogens (tertiary/aromatic N) is 1. The summed E-state index contributed by atoms with van der Waals surface area (Å²) in [7, 11) is -3.69. The van der Waals surface area contributed by atoms with E-state index in [2.05, 4.69) is 10.3 Å². The highest BCUT2D eigenvalue weighted by Crippen LogP contribution is 2.16. The van der Waals surface area contributed by atoms with Crippen molar-refractivity contribution in [1.82, 2.24) is 4.98 Å². The second-order valence-corrected chi connectivity index (χ2v) is 6.12. The molecule has 0 radical (unpaired) electrons. The molecule has 1 unspecified atom stereocenters. The van der Waals surface area contributed by atoms with E-state index in [0.29, 0.717) is 5.82 Å². The predicted octanol–water partition coefficient (Wildman–Crippen LogP) is 0.267. The van der Waals surface area contributed by atoms with Crippen LogP contribution >= 0.6 is 0 Å². The van der Waals surface area contributed by atoms with Crippen molar-refractivity contribution in [3.63, 3.8) is 0 Å². The Bertz CT molecular complexity index is 480. The molecule has 0 aliphatic heterocycles. The van der Waals surface area contributed by atoms with Crippen LogP contribution in [0.5, 0.6) is 0 Å². The van der Waals surface area contributed by atoms with Crippen molar-refractivity contribution in [1.29, 1.82) is 0 Å². The van der Waals surface area contributed by atoms with Gasteiger partial charge in [-0.25, -0.2) is 18.5 Å². The standard InChI is InChI=1S/C10H18N4O2S/c1-7(11)10(2,3)14-9-5-4-8(6-13-9)17(12,15)16/h4-7H,11H2,1-3H3,(H,13,14)(H2,12,15,16). The van der Waals surface area contributed by atoms with Gasteiger partial charge in [0.05, 0.1) is 0 Å². The van der Waals surface area contributed by atoms with E-state index in [1.54, 1.807) is 6.07 Å². The molecule has 1 atom stereocenters. The molecule has 6 nitrogen and oxygen atoms in total. The summed E-state index contributed by atoms with van der Waals surface area (Å²) >= 11 is 0. The lowest BCUT2D eigenvalue weighted by atomic mass is 9.97. The molecule has 0 bridgehead atoms. The summed E-state index contributed by atoms with van der Waals surface area (Å²) in [5.74, 6) is 0.555. The van der Waals surface area contributed by atoms with Crippen molar-refractivity contribution in [3.8, 4) is 0 Å². The second-order valence-electron chi connectivity index (χ2n) is 4.56. The molecular formula is C10H18N4O2S. The molecule has 1 aromatic heterocycles. The zero-order chi connectivity index (χ0) is 13.3. The Labute approximate surface area is 101 Å². The SMILES string of the molecule is CC(N)C(C)(C)Nc1ccc(S(N)(=O)=O)cn1. The minimum Gasteiger partial charge on any atom is -0.364 e. The molecule has 1 heterocycles. The van der Waals surface area contributed by atoms with Gasteiger partial charge in [0.1, 0.15) is 10.7 Å². The summed E-state index contributed by atoms with van der Waals surface area (Å²) in [5.41, 5.74) is 5.47. The molecule has 0 fully saturated rings. The number of hydrogen-bond donors (Lipinski definition) is 3. The van der Waals surface area contributed by atoms with Crippen LogP contribution in [-0.4, -0.2) is 25.0 Å². The molecule has 0 aromatic carbocycles. The van der Waals surface area contributed by atoms with Gasteiger partial charge in [0, 0.05) is 17.8 Å². The number of hydrogen-bond acceptors (Lipinski definition) is 5. The smallest absolute Gasteiger partial charge is 0.239 e. The van der Waals surface area contributed by atoms with Crippen LogP contribution in [0, 0.1) is 0 Å². The Morgan fingerprint density at radius 1 is 1.41 bits per heavy atom. The molecule has 1 rings (SSSR count). The van der Waals surface area contributed by atoms with Gasteiger partial charge in [-0.2, -0.15) is 0 Å². The number of sulfonamides is 1. The van der Waals surface area contributed by atoms with Crippen LogP contribution in [-0.2, 0) is 10.0 Å². The van der Waals surface area contributed by atoms with Crippen LogP contribution < -0.4 is 16.2 Å². The summed E-state index contributed by atoms with van der Waals surface area (Å²) in [4.78, 5) is 3.97. The number of aromatic nitrogens is 1. The van der Waals surface area contributed by atoms with E-state index in [0.717, 1.165) is 0 Å². The summed E-state index contributed by atoms with van der Waals surface area (Å²) in [5, 5.41) is 8.10. The van der Waals surface area contributed by atoms with Crippen LogP contribution in [0.1, 0.15) is 20.8 Å². The molecular weight excluding hydrogens is 240 g/mol. The maximum atomic E-state index is 11.0. The van der Waals surface area contributed by atoms with Crippen molar-refractivity contribution in [2.75, 3.05) is 5.32 Å². The maximum Gasteiger partial charge on any atom is 0.239 e. The number of pyridine rings is 1. The molecule has 17 heavy (non-hydrogen) atoms. The van der Waals surface area contributed by atoms with Crippen LogP contribution in [0.25, 0.3) is 0 Å². The average Bonchev–Trinajstić information content (AvgIpc) is 2.16. The number of primary sulfonamides is 1. The van der Waals surface area contributed by atoms with E-state index < -0.39 is 10.0 Å². The third kappa shape index (κ3) is 3.65. The molecule has 0 saturated carbocycles. The largest absolute Gasteiger partial charge is 0.364 e. The number of nitrogens with one attached hydrogen (secondary N) is 1. The van der Waals surface area contributed by atoms with Crippen LogP contribution in [0.15, 0.2) is 23.2 Å². The summed E-state index contributed by atoms with van der Waals surface area (Å²) in [6, 6.07) is 2.88. The highest BCUT2D eigenvalue weighted by molar-refractivity contribution is 7.89. The maximum absolute atomic E-state index is 11.0. The van der Waals surface area contributed by atoms with Crippen LogP contribution in [0.4, 0.5) is 5.82 Å². The fourth-order valence-corrected chi connectivity index (χ4v) is 1.52. The molecule has 7 heteroatoms. The normalized spacial score (nSPS) is 14.4. The predicted molar refractivity (Wildman–Crippen MR) is 67.0 cm³/mol. The topological polar surface area (TPSA) is 111 Å². The molecule has 0 aliphatic rings. The molecule has 0 aliphatic carbocycles. The lowest BCUT2D eigenvalue weighted by Crippen LogP contribution is -2.47. The van der Waals surface area contributed by atoms with Gasteiger partial charge in [-0.15, -0.1) is 0 Å². The summed E-state index contributed by atoms with van der Waals surface area (Å²) in [6.45, 7) is 5.76. The van der Waals surface area contributed by atoms with Crippen molar-refractivity contribution < 1.29 is 8.42 Å². The number of rotatable bonds is 4. The molecule has 1 aromatic rings. The average molecular weight is 258 g/mol. The van der Waals surface area contributed by atoms with Gasteiger partial charge in [0.25, 0.3) is 0 Å². The second kappa shape index (κ2) is 4.59. The van der Waals surface area contributed by atoms with E-state index in [1.807, 2.05) is 20.8 Å². The Morgan fingerprint density at radius 3 is 2.35 bits per heavy atom. The first kappa shape index (κ1) is 13.9. The van der Waals surface area contributed by atoms with E-state index in [4.69, 9.17) is 10.9 Å². The zero-order valence-corrected chi connectivity index (χ0v) is 11.0.